The first-order valence-electron chi connectivity index (χ1n) is 8.47. The molecule has 2 rings (SSSR count). The maximum atomic E-state index is 12.6. The van der Waals surface area contributed by atoms with E-state index in [0.29, 0.717) is 24.9 Å². The number of nitrogens with one attached hydrogen (secondary N) is 1. The number of hydrogen-bond donors (Lipinski definition) is 2. The standard InChI is InChI=1S/C18H21F3N2O4/c1-17(16(27)22-13(15(25)26)10-18(19,20)21)8-5-9-23(11-17)14(24)12-6-3-2-4-7-12/h2-4,6-7,13H,5,8-11H2,1H3,(H,22,27)(H,25,26). The highest BCUT2D eigenvalue weighted by molar-refractivity contribution is 5.95. The minimum Gasteiger partial charge on any atom is -0.480 e. The van der Waals surface area contributed by atoms with Gasteiger partial charge in [-0.25, -0.2) is 4.79 Å². The van der Waals surface area contributed by atoms with Gasteiger partial charge in [-0.05, 0) is 31.9 Å². The molecule has 27 heavy (non-hydrogen) atoms. The number of halogens is 3. The number of hydrogen-bond acceptors (Lipinski definition) is 3. The third kappa shape index (κ3) is 5.45. The molecule has 2 atom stereocenters. The maximum Gasteiger partial charge on any atom is 0.391 e. The van der Waals surface area contributed by atoms with Gasteiger partial charge in [0.25, 0.3) is 5.91 Å². The molecule has 0 bridgehead atoms. The molecule has 0 radical (unpaired) electrons. The van der Waals surface area contributed by atoms with Crippen molar-refractivity contribution in [2.24, 2.45) is 5.41 Å². The summed E-state index contributed by atoms with van der Waals surface area (Å²) in [5.74, 6) is -2.83. The Hall–Kier alpha value is -2.58. The minimum atomic E-state index is -4.72. The largest absolute Gasteiger partial charge is 0.480 e. The van der Waals surface area contributed by atoms with Crippen LogP contribution in [0.2, 0.25) is 0 Å². The molecule has 148 valence electrons. The lowest BCUT2D eigenvalue weighted by Gasteiger charge is -2.39. The number of amides is 2. The number of carbonyl (C=O) groups excluding carboxylic acids is 2. The van der Waals surface area contributed by atoms with Crippen molar-refractivity contribution in [2.75, 3.05) is 13.1 Å². The summed E-state index contributed by atoms with van der Waals surface area (Å²) in [5.41, 5.74) is -0.718. The van der Waals surface area contributed by atoms with Crippen molar-refractivity contribution in [3.8, 4) is 0 Å². The molecule has 1 saturated heterocycles. The molecule has 1 aliphatic heterocycles. The van der Waals surface area contributed by atoms with Crippen LogP contribution in [0.15, 0.2) is 30.3 Å². The fourth-order valence-corrected chi connectivity index (χ4v) is 3.13. The van der Waals surface area contributed by atoms with E-state index >= 15 is 0 Å². The van der Waals surface area contributed by atoms with Crippen LogP contribution in [0.1, 0.15) is 36.5 Å². The van der Waals surface area contributed by atoms with Gasteiger partial charge in [-0.2, -0.15) is 13.2 Å². The van der Waals surface area contributed by atoms with Crippen LogP contribution >= 0.6 is 0 Å². The van der Waals surface area contributed by atoms with Gasteiger partial charge in [0.1, 0.15) is 6.04 Å². The number of likely N-dealkylation sites (tertiary alicyclic amines) is 1. The Kier molecular flexibility index (Phi) is 6.12. The molecule has 1 heterocycles. The van der Waals surface area contributed by atoms with Gasteiger partial charge in [0.2, 0.25) is 5.91 Å². The van der Waals surface area contributed by atoms with Gasteiger partial charge in [-0.1, -0.05) is 18.2 Å². The first-order valence-corrected chi connectivity index (χ1v) is 8.47. The Balaban J connectivity index is 2.10. The summed E-state index contributed by atoms with van der Waals surface area (Å²) in [7, 11) is 0. The molecular formula is C18H21F3N2O4. The average Bonchev–Trinajstić information content (AvgIpc) is 2.60. The molecule has 9 heteroatoms. The number of alkyl halides is 3. The van der Waals surface area contributed by atoms with E-state index in [2.05, 4.69) is 0 Å². The Morgan fingerprint density at radius 1 is 1.26 bits per heavy atom. The number of carboxylic acid groups (broad SMARTS) is 1. The molecule has 6 nitrogen and oxygen atoms in total. The lowest BCUT2D eigenvalue weighted by atomic mass is 9.80. The monoisotopic (exact) mass is 386 g/mol. The van der Waals surface area contributed by atoms with Crippen LogP contribution in [-0.4, -0.2) is 53.1 Å². The van der Waals surface area contributed by atoms with Crippen molar-refractivity contribution < 1.29 is 32.7 Å². The molecule has 1 aromatic carbocycles. The molecule has 0 saturated carbocycles. The molecule has 1 fully saturated rings. The second-order valence-corrected chi connectivity index (χ2v) is 6.94. The lowest BCUT2D eigenvalue weighted by Crippen LogP contribution is -2.55. The number of piperidine rings is 1. The quantitative estimate of drug-likeness (QED) is 0.814. The summed E-state index contributed by atoms with van der Waals surface area (Å²) in [5, 5.41) is 11.0. The highest BCUT2D eigenvalue weighted by atomic mass is 19.4. The summed E-state index contributed by atoms with van der Waals surface area (Å²) in [6.45, 7) is 1.95. The number of carboxylic acids is 1. The first kappa shape index (κ1) is 20.7. The van der Waals surface area contributed by atoms with Gasteiger partial charge in [0, 0.05) is 18.7 Å². The molecule has 1 aromatic rings. The zero-order valence-electron chi connectivity index (χ0n) is 14.8. The van der Waals surface area contributed by atoms with E-state index in [1.807, 2.05) is 5.32 Å². The van der Waals surface area contributed by atoms with Crippen molar-refractivity contribution in [3.05, 3.63) is 35.9 Å². The smallest absolute Gasteiger partial charge is 0.391 e. The third-order valence-electron chi connectivity index (χ3n) is 4.59. The van der Waals surface area contributed by atoms with Crippen LogP contribution in [0.3, 0.4) is 0 Å². The van der Waals surface area contributed by atoms with E-state index in [9.17, 15) is 27.6 Å². The molecule has 1 aliphatic rings. The number of carbonyl (C=O) groups is 3. The Morgan fingerprint density at radius 3 is 2.44 bits per heavy atom. The number of rotatable bonds is 5. The molecule has 2 amide bonds. The van der Waals surface area contributed by atoms with Crippen LogP contribution in [0.25, 0.3) is 0 Å². The fraction of sp³-hybridized carbons (Fsp3) is 0.500. The maximum absolute atomic E-state index is 12.6. The van der Waals surface area contributed by atoms with E-state index in [1.54, 1.807) is 30.3 Å². The zero-order chi connectivity index (χ0) is 20.2. The Morgan fingerprint density at radius 2 is 1.89 bits per heavy atom. The first-order chi connectivity index (χ1) is 12.5. The van der Waals surface area contributed by atoms with Gasteiger partial charge in [0.05, 0.1) is 11.8 Å². The molecule has 2 N–H and O–H groups in total. The number of aliphatic carboxylic acids is 1. The Labute approximate surface area is 154 Å². The zero-order valence-corrected chi connectivity index (χ0v) is 14.8. The van der Waals surface area contributed by atoms with Gasteiger partial charge < -0.3 is 15.3 Å². The molecular weight excluding hydrogens is 365 g/mol. The van der Waals surface area contributed by atoms with Crippen LogP contribution in [0.5, 0.6) is 0 Å². The van der Waals surface area contributed by atoms with Crippen LogP contribution in [-0.2, 0) is 9.59 Å². The lowest BCUT2D eigenvalue weighted by molar-refractivity contribution is -0.161. The van der Waals surface area contributed by atoms with E-state index in [1.165, 1.54) is 11.8 Å². The summed E-state index contributed by atoms with van der Waals surface area (Å²) < 4.78 is 37.6. The van der Waals surface area contributed by atoms with Gasteiger partial charge in [0.15, 0.2) is 0 Å². The van der Waals surface area contributed by atoms with Crippen molar-refractivity contribution in [1.29, 1.82) is 0 Å². The summed E-state index contributed by atoms with van der Waals surface area (Å²) in [6.07, 6.45) is -5.55. The summed E-state index contributed by atoms with van der Waals surface area (Å²) >= 11 is 0. The molecule has 0 aromatic heterocycles. The normalized spacial score (nSPS) is 21.4. The third-order valence-corrected chi connectivity index (χ3v) is 4.59. The number of nitrogens with zero attached hydrogens (tertiary/aromatic N) is 1. The topological polar surface area (TPSA) is 86.7 Å². The highest BCUT2D eigenvalue weighted by Crippen LogP contribution is 2.31. The highest BCUT2D eigenvalue weighted by Gasteiger charge is 2.43. The van der Waals surface area contributed by atoms with Crippen LogP contribution in [0.4, 0.5) is 13.2 Å². The molecule has 0 aliphatic carbocycles. The predicted molar refractivity (Wildman–Crippen MR) is 89.9 cm³/mol. The van der Waals surface area contributed by atoms with Crippen molar-refractivity contribution in [2.45, 2.75) is 38.4 Å². The average molecular weight is 386 g/mol. The summed E-state index contributed by atoms with van der Waals surface area (Å²) in [4.78, 5) is 37.7. The van der Waals surface area contributed by atoms with E-state index < -0.39 is 35.9 Å². The van der Waals surface area contributed by atoms with E-state index in [4.69, 9.17) is 5.11 Å². The molecule has 2 unspecified atom stereocenters. The molecule has 0 spiro atoms. The van der Waals surface area contributed by atoms with Crippen molar-refractivity contribution in [1.82, 2.24) is 10.2 Å². The van der Waals surface area contributed by atoms with Crippen molar-refractivity contribution in [3.63, 3.8) is 0 Å². The predicted octanol–water partition coefficient (Wildman–Crippen LogP) is 2.45. The second kappa shape index (κ2) is 7.98. The van der Waals surface area contributed by atoms with Crippen LogP contribution < -0.4 is 5.32 Å². The SMILES string of the molecule is CC1(C(=O)NC(CC(F)(F)F)C(=O)O)CCCN(C(=O)c2ccccc2)C1. The second-order valence-electron chi connectivity index (χ2n) is 6.94. The summed E-state index contributed by atoms with van der Waals surface area (Å²) in [6, 6.07) is 6.39. The fourth-order valence-electron chi connectivity index (χ4n) is 3.13. The van der Waals surface area contributed by atoms with Crippen LogP contribution in [0, 0.1) is 5.41 Å². The van der Waals surface area contributed by atoms with Gasteiger partial charge in [-0.15, -0.1) is 0 Å². The van der Waals surface area contributed by atoms with Gasteiger partial charge in [-0.3, -0.25) is 9.59 Å². The minimum absolute atomic E-state index is 0.00488. The van der Waals surface area contributed by atoms with Crippen molar-refractivity contribution >= 4 is 17.8 Å². The van der Waals surface area contributed by atoms with E-state index in [0.717, 1.165) is 0 Å². The number of benzene rings is 1. The Bertz CT molecular complexity index is 708. The van der Waals surface area contributed by atoms with Gasteiger partial charge >= 0.3 is 12.1 Å². The van der Waals surface area contributed by atoms with E-state index in [-0.39, 0.29) is 12.5 Å².